The molecule has 1 aromatic rings. The zero-order valence-electron chi connectivity index (χ0n) is 14.9. The number of nitrogens with zero attached hydrogens (tertiary/aromatic N) is 5. The summed E-state index contributed by atoms with van der Waals surface area (Å²) in [4.78, 5) is 31.4. The van der Waals surface area contributed by atoms with Crippen molar-refractivity contribution in [3.05, 3.63) is 22.6 Å². The van der Waals surface area contributed by atoms with Gasteiger partial charge >= 0.3 is 0 Å². The Morgan fingerprint density at radius 3 is 2.60 bits per heavy atom. The van der Waals surface area contributed by atoms with Crippen LogP contribution in [0, 0.1) is 11.8 Å². The molecule has 7 nitrogen and oxygen atoms in total. The molecule has 1 unspecified atom stereocenters. The van der Waals surface area contributed by atoms with E-state index in [9.17, 15) is 9.59 Å². The standard InChI is InChI=1S/C18H27N5O2/c1-20-6-8-21(9-7-20)18(25)15-4-5-22(13-15)16-10-17(24)23(19-11-16)12-14-2-3-14/h10-11,14-15H,2-9,12-13H2,1H3. The highest BCUT2D eigenvalue weighted by molar-refractivity contribution is 5.80. The summed E-state index contributed by atoms with van der Waals surface area (Å²) in [6.45, 7) is 5.80. The third-order valence-corrected chi connectivity index (χ3v) is 5.70. The Hall–Kier alpha value is -1.89. The Labute approximate surface area is 148 Å². The van der Waals surface area contributed by atoms with Gasteiger partial charge in [-0.1, -0.05) is 0 Å². The number of hydrogen-bond acceptors (Lipinski definition) is 5. The lowest BCUT2D eigenvalue weighted by Gasteiger charge is -2.34. The van der Waals surface area contributed by atoms with Crippen molar-refractivity contribution < 1.29 is 4.79 Å². The van der Waals surface area contributed by atoms with Crippen molar-refractivity contribution in [3.8, 4) is 0 Å². The average molecular weight is 345 g/mol. The quantitative estimate of drug-likeness (QED) is 0.783. The number of aromatic nitrogens is 2. The van der Waals surface area contributed by atoms with Gasteiger partial charge in [0.25, 0.3) is 5.56 Å². The maximum atomic E-state index is 12.7. The van der Waals surface area contributed by atoms with Gasteiger partial charge in [-0.15, -0.1) is 0 Å². The largest absolute Gasteiger partial charge is 0.369 e. The second-order valence-electron chi connectivity index (χ2n) is 7.74. The zero-order chi connectivity index (χ0) is 17.4. The predicted molar refractivity (Wildman–Crippen MR) is 95.6 cm³/mol. The minimum absolute atomic E-state index is 0.0294. The SMILES string of the molecule is CN1CCN(C(=O)C2CCN(c3cnn(CC4CC4)c(=O)c3)C2)CC1. The summed E-state index contributed by atoms with van der Waals surface area (Å²) in [7, 11) is 2.09. The van der Waals surface area contributed by atoms with Crippen LogP contribution in [0.4, 0.5) is 5.69 Å². The van der Waals surface area contributed by atoms with Gasteiger partial charge in [0.2, 0.25) is 5.91 Å². The van der Waals surface area contributed by atoms with E-state index in [-0.39, 0.29) is 17.4 Å². The molecule has 2 aliphatic heterocycles. The van der Waals surface area contributed by atoms with Crippen LogP contribution in [0.15, 0.2) is 17.1 Å². The zero-order valence-corrected chi connectivity index (χ0v) is 14.9. The summed E-state index contributed by atoms with van der Waals surface area (Å²) in [5.41, 5.74) is 0.823. The van der Waals surface area contributed by atoms with Gasteiger partial charge in [-0.3, -0.25) is 9.59 Å². The Morgan fingerprint density at radius 1 is 1.16 bits per heavy atom. The molecule has 1 saturated carbocycles. The summed E-state index contributed by atoms with van der Waals surface area (Å²) in [6.07, 6.45) is 5.05. The lowest BCUT2D eigenvalue weighted by molar-refractivity contribution is -0.136. The molecule has 4 rings (SSSR count). The van der Waals surface area contributed by atoms with Gasteiger partial charge < -0.3 is 14.7 Å². The van der Waals surface area contributed by atoms with Crippen molar-refractivity contribution in [1.29, 1.82) is 0 Å². The summed E-state index contributed by atoms with van der Waals surface area (Å²) >= 11 is 0. The highest BCUT2D eigenvalue weighted by Crippen LogP contribution is 2.30. The molecule has 3 heterocycles. The van der Waals surface area contributed by atoms with E-state index >= 15 is 0 Å². The monoisotopic (exact) mass is 345 g/mol. The van der Waals surface area contributed by atoms with Crippen LogP contribution in [-0.2, 0) is 11.3 Å². The van der Waals surface area contributed by atoms with Crippen molar-refractivity contribution in [2.24, 2.45) is 11.8 Å². The first-order chi connectivity index (χ1) is 12.1. The molecule has 1 atom stereocenters. The van der Waals surface area contributed by atoms with Crippen molar-refractivity contribution in [1.82, 2.24) is 19.6 Å². The van der Waals surface area contributed by atoms with Gasteiger partial charge in [0, 0.05) is 51.9 Å². The molecule has 0 aromatic carbocycles. The van der Waals surface area contributed by atoms with Gasteiger partial charge in [0.1, 0.15) is 0 Å². The fourth-order valence-electron chi connectivity index (χ4n) is 3.76. The number of piperazine rings is 1. The lowest BCUT2D eigenvalue weighted by atomic mass is 10.1. The fourth-order valence-corrected chi connectivity index (χ4v) is 3.76. The van der Waals surface area contributed by atoms with Crippen LogP contribution in [0.3, 0.4) is 0 Å². The predicted octanol–water partition coefficient (Wildman–Crippen LogP) is 0.254. The normalized spacial score (nSPS) is 24.8. The third kappa shape index (κ3) is 3.71. The summed E-state index contributed by atoms with van der Waals surface area (Å²) in [6, 6.07) is 1.68. The molecule has 136 valence electrons. The van der Waals surface area contributed by atoms with E-state index in [4.69, 9.17) is 0 Å². The van der Waals surface area contributed by atoms with E-state index < -0.39 is 0 Å². The topological polar surface area (TPSA) is 61.7 Å². The highest BCUT2D eigenvalue weighted by atomic mass is 16.2. The molecule has 7 heteroatoms. The average Bonchev–Trinajstić information content (AvgIpc) is 3.29. The van der Waals surface area contributed by atoms with Gasteiger partial charge in [-0.05, 0) is 32.2 Å². The van der Waals surface area contributed by atoms with E-state index in [0.29, 0.717) is 12.5 Å². The maximum absolute atomic E-state index is 12.7. The maximum Gasteiger partial charge on any atom is 0.268 e. The van der Waals surface area contributed by atoms with Gasteiger partial charge in [-0.2, -0.15) is 5.10 Å². The fraction of sp³-hybridized carbons (Fsp3) is 0.722. The molecule has 25 heavy (non-hydrogen) atoms. The molecule has 1 aromatic heterocycles. The molecule has 1 aliphatic carbocycles. The smallest absolute Gasteiger partial charge is 0.268 e. The minimum atomic E-state index is -0.0294. The molecular formula is C18H27N5O2. The number of hydrogen-bond donors (Lipinski definition) is 0. The molecule has 3 fully saturated rings. The Balaban J connectivity index is 1.37. The summed E-state index contributed by atoms with van der Waals surface area (Å²) < 4.78 is 1.57. The molecule has 0 spiro atoms. The van der Waals surface area contributed by atoms with Crippen molar-refractivity contribution >= 4 is 11.6 Å². The first-order valence-electron chi connectivity index (χ1n) is 9.39. The molecule has 0 bridgehead atoms. The molecular weight excluding hydrogens is 318 g/mol. The van der Waals surface area contributed by atoms with Gasteiger partial charge in [-0.25, -0.2) is 4.68 Å². The molecule has 0 radical (unpaired) electrons. The number of carbonyl (C=O) groups excluding carboxylic acids is 1. The van der Waals surface area contributed by atoms with Crippen molar-refractivity contribution in [3.63, 3.8) is 0 Å². The Bertz CT molecular complexity index is 691. The van der Waals surface area contributed by atoms with Gasteiger partial charge in [0.15, 0.2) is 0 Å². The Kier molecular flexibility index (Phi) is 4.50. The lowest BCUT2D eigenvalue weighted by Crippen LogP contribution is -2.49. The summed E-state index contributed by atoms with van der Waals surface area (Å²) in [5.74, 6) is 0.941. The highest BCUT2D eigenvalue weighted by Gasteiger charge is 2.33. The number of likely N-dealkylation sites (N-methyl/N-ethyl adjacent to an activating group) is 1. The Morgan fingerprint density at radius 2 is 1.92 bits per heavy atom. The van der Waals surface area contributed by atoms with Crippen LogP contribution in [-0.4, -0.2) is 71.8 Å². The second-order valence-corrected chi connectivity index (χ2v) is 7.74. The van der Waals surface area contributed by atoms with Crippen LogP contribution in [0.2, 0.25) is 0 Å². The minimum Gasteiger partial charge on any atom is -0.369 e. The molecule has 0 N–H and O–H groups in total. The van der Waals surface area contributed by atoms with E-state index in [1.165, 1.54) is 12.8 Å². The number of rotatable bonds is 4. The van der Waals surface area contributed by atoms with Crippen LogP contribution >= 0.6 is 0 Å². The first kappa shape index (κ1) is 16.6. The van der Waals surface area contributed by atoms with Crippen LogP contribution in [0.1, 0.15) is 19.3 Å². The molecule has 1 amide bonds. The first-order valence-corrected chi connectivity index (χ1v) is 9.39. The number of amides is 1. The third-order valence-electron chi connectivity index (χ3n) is 5.70. The molecule has 2 saturated heterocycles. The number of anilines is 1. The summed E-state index contributed by atoms with van der Waals surface area (Å²) in [5, 5.41) is 4.33. The van der Waals surface area contributed by atoms with Crippen LogP contribution in [0.5, 0.6) is 0 Å². The van der Waals surface area contributed by atoms with E-state index in [1.54, 1.807) is 16.9 Å². The van der Waals surface area contributed by atoms with E-state index in [1.807, 2.05) is 4.90 Å². The van der Waals surface area contributed by atoms with Crippen LogP contribution in [0.25, 0.3) is 0 Å². The van der Waals surface area contributed by atoms with Gasteiger partial charge in [0.05, 0.1) is 17.8 Å². The second kappa shape index (κ2) is 6.78. The van der Waals surface area contributed by atoms with Crippen LogP contribution < -0.4 is 10.5 Å². The molecule has 3 aliphatic rings. The van der Waals surface area contributed by atoms with Crippen molar-refractivity contribution in [2.45, 2.75) is 25.8 Å². The van der Waals surface area contributed by atoms with E-state index in [2.05, 4.69) is 21.9 Å². The number of carbonyl (C=O) groups is 1. The van der Waals surface area contributed by atoms with E-state index in [0.717, 1.165) is 51.4 Å². The van der Waals surface area contributed by atoms with Crippen molar-refractivity contribution in [2.75, 3.05) is 51.2 Å².